The highest BCUT2D eigenvalue weighted by molar-refractivity contribution is 9.10. The number of amidine groups is 1. The number of carbonyl (C=O) groups excluding carboxylic acids is 1. The molecular weight excluding hydrogens is 521 g/mol. The summed E-state index contributed by atoms with van der Waals surface area (Å²) in [5, 5.41) is 0.701. The molecule has 1 aromatic heterocycles. The highest BCUT2D eigenvalue weighted by Gasteiger charge is 2.44. The normalized spacial score (nSPS) is 21.5. The van der Waals surface area contributed by atoms with Crippen LogP contribution in [0.25, 0.3) is 0 Å². The number of unbranched alkanes of at least 4 members (excludes halogenated alkanes) is 1. The molecule has 2 aromatic rings. The molecular formula is C22H24BrF3N4O2S. The number of benzene rings is 1. The van der Waals surface area contributed by atoms with Crippen molar-refractivity contribution in [2.45, 2.75) is 50.4 Å². The van der Waals surface area contributed by atoms with E-state index in [-0.39, 0.29) is 17.3 Å². The number of aromatic nitrogens is 1. The molecule has 0 fully saturated rings. The number of aliphatic imine (C=N–C) groups is 1. The Labute approximate surface area is 202 Å². The lowest BCUT2D eigenvalue weighted by Gasteiger charge is -2.37. The van der Waals surface area contributed by atoms with Gasteiger partial charge in [0.1, 0.15) is 23.1 Å². The zero-order chi connectivity index (χ0) is 24.2. The number of fused-ring (bicyclic) bond motifs is 2. The third kappa shape index (κ3) is 6.20. The monoisotopic (exact) mass is 544 g/mol. The molecule has 4 N–H and O–H groups in total. The van der Waals surface area contributed by atoms with Crippen molar-refractivity contribution in [2.24, 2.45) is 16.5 Å². The Bertz CT molecular complexity index is 1030. The molecule has 0 radical (unpaired) electrons. The van der Waals surface area contributed by atoms with E-state index in [0.29, 0.717) is 11.4 Å². The molecule has 1 spiro atoms. The third-order valence-electron chi connectivity index (χ3n) is 5.31. The minimum absolute atomic E-state index is 0.187. The highest BCUT2D eigenvalue weighted by Crippen LogP contribution is 2.48. The summed E-state index contributed by atoms with van der Waals surface area (Å²) in [6.45, 7) is 2.21. The molecule has 0 saturated heterocycles. The summed E-state index contributed by atoms with van der Waals surface area (Å²) in [4.78, 5) is 18.5. The molecule has 2 aliphatic heterocycles. The van der Waals surface area contributed by atoms with E-state index in [1.807, 2.05) is 12.1 Å². The van der Waals surface area contributed by atoms with Gasteiger partial charge in [-0.05, 0) is 36.8 Å². The number of alkyl halides is 3. The van der Waals surface area contributed by atoms with Crippen molar-refractivity contribution in [1.29, 1.82) is 0 Å². The first-order valence-corrected chi connectivity index (χ1v) is 12.1. The average molecular weight is 545 g/mol. The smallest absolute Gasteiger partial charge is 0.417 e. The number of hydrogen-bond donors (Lipinski definition) is 2. The van der Waals surface area contributed by atoms with Crippen LogP contribution in [0.15, 0.2) is 46.0 Å². The van der Waals surface area contributed by atoms with E-state index in [9.17, 15) is 18.0 Å². The van der Waals surface area contributed by atoms with Crippen molar-refractivity contribution >= 4 is 38.8 Å². The number of pyridine rings is 1. The molecule has 1 unspecified atom stereocenters. The Hall–Kier alpha value is -2.27. The maximum absolute atomic E-state index is 12.0. The second kappa shape index (κ2) is 10.3. The summed E-state index contributed by atoms with van der Waals surface area (Å²) < 4.78 is 43.1. The summed E-state index contributed by atoms with van der Waals surface area (Å²) in [6.07, 6.45) is 0.791. The van der Waals surface area contributed by atoms with Crippen LogP contribution in [-0.2, 0) is 11.7 Å². The van der Waals surface area contributed by atoms with Gasteiger partial charge in [0, 0.05) is 28.4 Å². The van der Waals surface area contributed by atoms with E-state index in [0.717, 1.165) is 40.9 Å². The van der Waals surface area contributed by atoms with Gasteiger partial charge in [0.15, 0.2) is 5.17 Å². The summed E-state index contributed by atoms with van der Waals surface area (Å²) in [7, 11) is 0. The second-order valence-electron chi connectivity index (χ2n) is 7.79. The number of hydrogen-bond acceptors (Lipinski definition) is 6. The number of nitrogens with zero attached hydrogens (tertiary/aromatic N) is 2. The maximum Gasteiger partial charge on any atom is 0.417 e. The van der Waals surface area contributed by atoms with Gasteiger partial charge in [-0.2, -0.15) is 13.2 Å². The van der Waals surface area contributed by atoms with Gasteiger partial charge in [0.25, 0.3) is 5.91 Å². The van der Waals surface area contributed by atoms with Crippen LogP contribution in [0.4, 0.5) is 13.2 Å². The minimum Gasteiger partial charge on any atom is -0.490 e. The molecule has 33 heavy (non-hydrogen) atoms. The number of rotatable bonds is 4. The van der Waals surface area contributed by atoms with E-state index in [1.165, 1.54) is 18.4 Å². The number of thioether (sulfide) groups is 1. The molecule has 1 amide bonds. The summed E-state index contributed by atoms with van der Waals surface area (Å²) in [6, 6.07) is 7.91. The first-order valence-electron chi connectivity index (χ1n) is 10.3. The standard InChI is InChI=1S/C15H19BrN2OS.C7H5F3N2O/c1-2-3-4-11-8-15(9-20-14(17)18-15)12-7-10(16)5-6-13(12)19-11;8-7(9,10)4-1-2-5(6(11)13)12-3-4/h5-7,11H,2-4,8-9H2,1H3,(H2,17,18);1-3H,(H2,11,13)/t11-,15?;/m0./s1. The first kappa shape index (κ1) is 25.4. The molecule has 4 rings (SSSR count). The highest BCUT2D eigenvalue weighted by atomic mass is 79.9. The predicted molar refractivity (Wildman–Crippen MR) is 126 cm³/mol. The fraction of sp³-hybridized carbons (Fsp3) is 0.409. The fourth-order valence-electron chi connectivity index (χ4n) is 3.69. The topological polar surface area (TPSA) is 104 Å². The molecule has 2 atom stereocenters. The number of primary amides is 1. The van der Waals surface area contributed by atoms with E-state index in [4.69, 9.17) is 21.2 Å². The molecule has 0 bridgehead atoms. The minimum atomic E-state index is -4.44. The first-order chi connectivity index (χ1) is 15.5. The van der Waals surface area contributed by atoms with E-state index in [1.54, 1.807) is 11.8 Å². The van der Waals surface area contributed by atoms with Gasteiger partial charge in [-0.3, -0.25) is 14.8 Å². The molecule has 0 aliphatic carbocycles. The molecule has 0 saturated carbocycles. The van der Waals surface area contributed by atoms with E-state index in [2.05, 4.69) is 33.9 Å². The number of carbonyl (C=O) groups is 1. The van der Waals surface area contributed by atoms with Gasteiger partial charge >= 0.3 is 6.18 Å². The molecule has 2 aliphatic rings. The maximum atomic E-state index is 12.0. The Balaban J connectivity index is 0.000000205. The van der Waals surface area contributed by atoms with Crippen LogP contribution in [-0.4, -0.2) is 27.9 Å². The summed E-state index contributed by atoms with van der Waals surface area (Å²) in [5.74, 6) is 1.04. The Morgan fingerprint density at radius 1 is 1.33 bits per heavy atom. The van der Waals surface area contributed by atoms with Crippen LogP contribution in [0, 0.1) is 0 Å². The summed E-state index contributed by atoms with van der Waals surface area (Å²) >= 11 is 5.21. The SMILES string of the molecule is CCCC[C@H]1CC2(CSC(N)=N2)c2cc(Br)ccc2O1.NC(=O)c1ccc(C(F)(F)F)cn1. The van der Waals surface area contributed by atoms with Crippen LogP contribution in [0.3, 0.4) is 0 Å². The zero-order valence-electron chi connectivity index (χ0n) is 17.9. The van der Waals surface area contributed by atoms with Crippen LogP contribution in [0.5, 0.6) is 5.75 Å². The van der Waals surface area contributed by atoms with Crippen LogP contribution >= 0.6 is 27.7 Å². The van der Waals surface area contributed by atoms with Gasteiger partial charge in [-0.25, -0.2) is 0 Å². The van der Waals surface area contributed by atoms with E-state index < -0.39 is 17.6 Å². The van der Waals surface area contributed by atoms with Crippen molar-refractivity contribution in [3.63, 3.8) is 0 Å². The lowest BCUT2D eigenvalue weighted by Crippen LogP contribution is -2.37. The van der Waals surface area contributed by atoms with Crippen LogP contribution in [0.2, 0.25) is 0 Å². The fourth-order valence-corrected chi connectivity index (χ4v) is 5.01. The molecule has 6 nitrogen and oxygen atoms in total. The quantitative estimate of drug-likeness (QED) is 0.547. The zero-order valence-corrected chi connectivity index (χ0v) is 20.3. The second-order valence-corrected chi connectivity index (χ2v) is 9.70. The van der Waals surface area contributed by atoms with Crippen molar-refractivity contribution in [3.05, 3.63) is 57.8 Å². The van der Waals surface area contributed by atoms with Gasteiger partial charge in [0.05, 0.1) is 5.56 Å². The molecule has 178 valence electrons. The van der Waals surface area contributed by atoms with Gasteiger partial charge in [-0.15, -0.1) is 0 Å². The predicted octanol–water partition coefficient (Wildman–Crippen LogP) is 5.25. The van der Waals surface area contributed by atoms with Crippen molar-refractivity contribution in [2.75, 3.05) is 5.75 Å². The Kier molecular flexibility index (Phi) is 7.94. The van der Waals surface area contributed by atoms with Crippen LogP contribution in [0.1, 0.15) is 54.2 Å². The van der Waals surface area contributed by atoms with Crippen molar-refractivity contribution in [1.82, 2.24) is 4.98 Å². The van der Waals surface area contributed by atoms with Crippen molar-refractivity contribution in [3.8, 4) is 5.75 Å². The molecule has 1 aromatic carbocycles. The Morgan fingerprint density at radius 2 is 2.09 bits per heavy atom. The Morgan fingerprint density at radius 3 is 2.64 bits per heavy atom. The molecule has 11 heteroatoms. The molecule has 3 heterocycles. The van der Waals surface area contributed by atoms with Crippen LogP contribution < -0.4 is 16.2 Å². The number of amides is 1. The third-order valence-corrected chi connectivity index (χ3v) is 6.81. The largest absolute Gasteiger partial charge is 0.490 e. The average Bonchev–Trinajstić information content (AvgIpc) is 3.13. The lowest BCUT2D eigenvalue weighted by atomic mass is 9.83. The van der Waals surface area contributed by atoms with Gasteiger partial charge < -0.3 is 16.2 Å². The van der Waals surface area contributed by atoms with E-state index >= 15 is 0 Å². The summed E-state index contributed by atoms with van der Waals surface area (Å²) in [5.41, 5.74) is 10.6. The van der Waals surface area contributed by atoms with Crippen molar-refractivity contribution < 1.29 is 22.7 Å². The number of ether oxygens (including phenoxy) is 1. The lowest BCUT2D eigenvalue weighted by molar-refractivity contribution is -0.137. The van der Waals surface area contributed by atoms with Gasteiger partial charge in [0.2, 0.25) is 0 Å². The number of halogens is 4. The van der Waals surface area contributed by atoms with Gasteiger partial charge in [-0.1, -0.05) is 47.5 Å². The number of nitrogens with two attached hydrogens (primary N) is 2.